The second kappa shape index (κ2) is 7.88. The van der Waals surface area contributed by atoms with Crippen LogP contribution >= 0.6 is 0 Å². The van der Waals surface area contributed by atoms with Crippen molar-refractivity contribution in [2.24, 2.45) is 0 Å². The van der Waals surface area contributed by atoms with Crippen LogP contribution in [0.2, 0.25) is 0 Å². The van der Waals surface area contributed by atoms with E-state index < -0.39 is 0 Å². The maximum absolute atomic E-state index is 11.8. The van der Waals surface area contributed by atoms with Gasteiger partial charge in [-0.3, -0.25) is 4.79 Å². The molecule has 0 saturated heterocycles. The van der Waals surface area contributed by atoms with Gasteiger partial charge in [0.25, 0.3) is 0 Å². The van der Waals surface area contributed by atoms with Gasteiger partial charge >= 0.3 is 0 Å². The Morgan fingerprint density at radius 2 is 2.00 bits per heavy atom. The summed E-state index contributed by atoms with van der Waals surface area (Å²) < 4.78 is 0. The first-order valence-corrected chi connectivity index (χ1v) is 6.75. The molecule has 0 bridgehead atoms. The summed E-state index contributed by atoms with van der Waals surface area (Å²) in [5, 5.41) is 6.20. The molecular formula is C15H24N2O. The van der Waals surface area contributed by atoms with E-state index in [1.165, 1.54) is 0 Å². The molecule has 2 N–H and O–H groups in total. The fourth-order valence-electron chi connectivity index (χ4n) is 1.89. The summed E-state index contributed by atoms with van der Waals surface area (Å²) in [4.78, 5) is 11.8. The highest BCUT2D eigenvalue weighted by Crippen LogP contribution is 2.22. The van der Waals surface area contributed by atoms with Gasteiger partial charge in [-0.1, -0.05) is 38.0 Å². The number of para-hydroxylation sites is 1. The number of hydrogen-bond acceptors (Lipinski definition) is 2. The molecule has 3 heteroatoms. The number of nitrogens with one attached hydrogen (secondary N) is 2. The van der Waals surface area contributed by atoms with Crippen molar-refractivity contribution in [1.29, 1.82) is 0 Å². The Bertz CT molecular complexity index is 377. The van der Waals surface area contributed by atoms with E-state index in [9.17, 15) is 4.79 Å². The Hall–Kier alpha value is -1.35. The smallest absolute Gasteiger partial charge is 0.224 e. The topological polar surface area (TPSA) is 41.1 Å². The van der Waals surface area contributed by atoms with Gasteiger partial charge in [-0.15, -0.1) is 0 Å². The molecule has 1 aromatic rings. The lowest BCUT2D eigenvalue weighted by molar-refractivity contribution is -0.116. The Morgan fingerprint density at radius 1 is 1.28 bits per heavy atom. The van der Waals surface area contributed by atoms with Gasteiger partial charge in [-0.05, 0) is 32.0 Å². The van der Waals surface area contributed by atoms with Crippen LogP contribution in [0.1, 0.15) is 51.1 Å². The van der Waals surface area contributed by atoms with E-state index in [1.807, 2.05) is 31.3 Å². The van der Waals surface area contributed by atoms with Crippen LogP contribution in [-0.4, -0.2) is 13.0 Å². The van der Waals surface area contributed by atoms with Crippen LogP contribution in [0.15, 0.2) is 24.3 Å². The van der Waals surface area contributed by atoms with Crippen LogP contribution < -0.4 is 10.6 Å². The Kier molecular flexibility index (Phi) is 6.44. The van der Waals surface area contributed by atoms with Gasteiger partial charge in [0.05, 0.1) is 0 Å². The maximum atomic E-state index is 11.8. The van der Waals surface area contributed by atoms with Crippen molar-refractivity contribution in [2.45, 2.75) is 45.6 Å². The minimum atomic E-state index is 0.110. The maximum Gasteiger partial charge on any atom is 0.224 e. The van der Waals surface area contributed by atoms with Gasteiger partial charge in [-0.2, -0.15) is 0 Å². The Labute approximate surface area is 110 Å². The summed E-state index contributed by atoms with van der Waals surface area (Å²) in [6, 6.07) is 8.19. The zero-order valence-corrected chi connectivity index (χ0v) is 11.6. The number of carbonyl (C=O) groups excluding carboxylic acids is 1. The van der Waals surface area contributed by atoms with Gasteiger partial charge in [0, 0.05) is 18.2 Å². The number of rotatable bonds is 7. The van der Waals surface area contributed by atoms with Crippen molar-refractivity contribution in [3.8, 4) is 0 Å². The second-order valence-corrected chi connectivity index (χ2v) is 4.60. The molecule has 1 rings (SSSR count). The van der Waals surface area contributed by atoms with Gasteiger partial charge in [0.2, 0.25) is 5.91 Å². The second-order valence-electron chi connectivity index (χ2n) is 4.60. The molecule has 100 valence electrons. The van der Waals surface area contributed by atoms with Crippen LogP contribution in [0.5, 0.6) is 0 Å². The molecule has 0 aliphatic heterocycles. The summed E-state index contributed by atoms with van der Waals surface area (Å²) in [6.07, 6.45) is 3.82. The average Bonchev–Trinajstić information content (AvgIpc) is 2.39. The first kappa shape index (κ1) is 14.7. The van der Waals surface area contributed by atoms with E-state index in [1.54, 1.807) is 0 Å². The number of unbranched alkanes of at least 4 members (excludes halogenated alkanes) is 2. The van der Waals surface area contributed by atoms with E-state index in [0.29, 0.717) is 6.42 Å². The van der Waals surface area contributed by atoms with Crippen molar-refractivity contribution >= 4 is 11.6 Å². The zero-order chi connectivity index (χ0) is 13.4. The van der Waals surface area contributed by atoms with Crippen molar-refractivity contribution in [1.82, 2.24) is 5.32 Å². The normalized spacial score (nSPS) is 12.2. The summed E-state index contributed by atoms with van der Waals surface area (Å²) in [7, 11) is 1.92. The predicted molar refractivity (Wildman–Crippen MR) is 76.7 cm³/mol. The molecule has 0 fully saturated rings. The van der Waals surface area contributed by atoms with E-state index in [4.69, 9.17) is 0 Å². The SMILES string of the molecule is CCCCCC(=O)Nc1ccccc1C(C)NC. The number of benzene rings is 1. The Morgan fingerprint density at radius 3 is 2.67 bits per heavy atom. The quantitative estimate of drug-likeness (QED) is 0.725. The van der Waals surface area contributed by atoms with E-state index in [2.05, 4.69) is 24.5 Å². The molecule has 1 amide bonds. The van der Waals surface area contributed by atoms with Crippen LogP contribution in [0.25, 0.3) is 0 Å². The van der Waals surface area contributed by atoms with Crippen LogP contribution in [-0.2, 0) is 4.79 Å². The highest BCUT2D eigenvalue weighted by atomic mass is 16.1. The van der Waals surface area contributed by atoms with Crippen LogP contribution in [0.3, 0.4) is 0 Å². The lowest BCUT2D eigenvalue weighted by Crippen LogP contribution is -2.17. The van der Waals surface area contributed by atoms with Crippen LogP contribution in [0.4, 0.5) is 5.69 Å². The monoisotopic (exact) mass is 248 g/mol. The Balaban J connectivity index is 2.63. The minimum absolute atomic E-state index is 0.110. The molecule has 0 radical (unpaired) electrons. The molecule has 1 unspecified atom stereocenters. The standard InChI is InChI=1S/C15H24N2O/c1-4-5-6-11-15(18)17-14-10-8-7-9-13(14)12(2)16-3/h7-10,12,16H,4-6,11H2,1-3H3,(H,17,18). The van der Waals surface area contributed by atoms with E-state index in [-0.39, 0.29) is 11.9 Å². The van der Waals surface area contributed by atoms with Crippen molar-refractivity contribution in [3.05, 3.63) is 29.8 Å². The number of amides is 1. The third kappa shape index (κ3) is 4.49. The van der Waals surface area contributed by atoms with Gasteiger partial charge in [0.15, 0.2) is 0 Å². The highest BCUT2D eigenvalue weighted by Gasteiger charge is 2.10. The molecule has 3 nitrogen and oxygen atoms in total. The number of carbonyl (C=O) groups is 1. The zero-order valence-electron chi connectivity index (χ0n) is 11.6. The fourth-order valence-corrected chi connectivity index (χ4v) is 1.89. The third-order valence-electron chi connectivity index (χ3n) is 3.14. The molecule has 0 spiro atoms. The molecule has 0 saturated carbocycles. The predicted octanol–water partition coefficient (Wildman–Crippen LogP) is 3.49. The lowest BCUT2D eigenvalue weighted by atomic mass is 10.1. The first-order valence-electron chi connectivity index (χ1n) is 6.75. The number of hydrogen-bond donors (Lipinski definition) is 2. The largest absolute Gasteiger partial charge is 0.326 e. The molecule has 0 aliphatic rings. The van der Waals surface area contributed by atoms with E-state index >= 15 is 0 Å². The highest BCUT2D eigenvalue weighted by molar-refractivity contribution is 5.91. The average molecular weight is 248 g/mol. The van der Waals surface area contributed by atoms with Crippen molar-refractivity contribution in [2.75, 3.05) is 12.4 Å². The van der Waals surface area contributed by atoms with Gasteiger partial charge in [-0.25, -0.2) is 0 Å². The third-order valence-corrected chi connectivity index (χ3v) is 3.14. The first-order chi connectivity index (χ1) is 8.69. The number of anilines is 1. The van der Waals surface area contributed by atoms with E-state index in [0.717, 1.165) is 30.5 Å². The molecule has 0 heterocycles. The minimum Gasteiger partial charge on any atom is -0.326 e. The fraction of sp³-hybridized carbons (Fsp3) is 0.533. The summed E-state index contributed by atoms with van der Waals surface area (Å²) in [5.41, 5.74) is 2.05. The summed E-state index contributed by atoms with van der Waals surface area (Å²) >= 11 is 0. The van der Waals surface area contributed by atoms with Crippen molar-refractivity contribution in [3.63, 3.8) is 0 Å². The molecule has 1 atom stereocenters. The molecular weight excluding hydrogens is 224 g/mol. The molecule has 18 heavy (non-hydrogen) atoms. The van der Waals surface area contributed by atoms with Gasteiger partial charge < -0.3 is 10.6 Å². The van der Waals surface area contributed by atoms with Crippen molar-refractivity contribution < 1.29 is 4.79 Å². The summed E-state index contributed by atoms with van der Waals surface area (Å²) in [5.74, 6) is 0.110. The summed E-state index contributed by atoms with van der Waals surface area (Å²) in [6.45, 7) is 4.23. The molecule has 0 aliphatic carbocycles. The molecule has 0 aromatic heterocycles. The van der Waals surface area contributed by atoms with Gasteiger partial charge in [0.1, 0.15) is 0 Å². The van der Waals surface area contributed by atoms with Crippen LogP contribution in [0, 0.1) is 0 Å². The molecule has 1 aromatic carbocycles. The lowest BCUT2D eigenvalue weighted by Gasteiger charge is -2.16.